The van der Waals surface area contributed by atoms with Crippen LogP contribution in [-0.2, 0) is 0 Å². The molecule has 1 amide bonds. The summed E-state index contributed by atoms with van der Waals surface area (Å²) in [6.45, 7) is 0. The van der Waals surface area contributed by atoms with Crippen LogP contribution in [0.25, 0.3) is 0 Å². The molecule has 0 radical (unpaired) electrons. The Bertz CT molecular complexity index is 612. The fraction of sp³-hybridized carbons (Fsp3) is 0. The summed E-state index contributed by atoms with van der Waals surface area (Å²) < 4.78 is 0. The normalized spacial score (nSPS) is 9.50. The standard InChI is InChI=1S/C14H10N2O2/c1-2-10-7-8-15-13(9-10)16-14(18)11-3-5-12(17)6-4-11/h1,3-9,17H,(H,15,16,18). The maximum absolute atomic E-state index is 11.8. The van der Waals surface area contributed by atoms with Crippen LogP contribution in [0, 0.1) is 12.3 Å². The number of aromatic nitrogens is 1. The number of phenols is 1. The average Bonchev–Trinajstić information content (AvgIpc) is 2.39. The monoisotopic (exact) mass is 238 g/mol. The summed E-state index contributed by atoms with van der Waals surface area (Å²) in [6.07, 6.45) is 6.79. The summed E-state index contributed by atoms with van der Waals surface area (Å²) in [5.74, 6) is 2.66. The molecule has 2 aromatic rings. The van der Waals surface area contributed by atoms with Crippen LogP contribution in [0.1, 0.15) is 15.9 Å². The van der Waals surface area contributed by atoms with Crippen LogP contribution in [0.5, 0.6) is 5.75 Å². The summed E-state index contributed by atoms with van der Waals surface area (Å²) in [4.78, 5) is 15.8. The predicted octanol–water partition coefficient (Wildman–Crippen LogP) is 2.02. The van der Waals surface area contributed by atoms with Gasteiger partial charge in [0.2, 0.25) is 0 Å². The van der Waals surface area contributed by atoms with Gasteiger partial charge < -0.3 is 10.4 Å². The fourth-order valence-electron chi connectivity index (χ4n) is 1.39. The van der Waals surface area contributed by atoms with E-state index in [0.717, 1.165) is 0 Å². The number of anilines is 1. The number of amides is 1. The van der Waals surface area contributed by atoms with Gasteiger partial charge in [-0.15, -0.1) is 6.42 Å². The van der Waals surface area contributed by atoms with Gasteiger partial charge >= 0.3 is 0 Å². The molecule has 2 rings (SSSR count). The van der Waals surface area contributed by atoms with E-state index in [4.69, 9.17) is 11.5 Å². The molecular formula is C14H10N2O2. The number of carbonyl (C=O) groups excluding carboxylic acids is 1. The van der Waals surface area contributed by atoms with Gasteiger partial charge in [0.05, 0.1) is 0 Å². The van der Waals surface area contributed by atoms with Gasteiger partial charge in [-0.25, -0.2) is 4.98 Å². The van der Waals surface area contributed by atoms with E-state index in [1.165, 1.54) is 30.5 Å². The number of benzene rings is 1. The third-order valence-corrected chi connectivity index (χ3v) is 2.30. The van der Waals surface area contributed by atoms with Crippen molar-refractivity contribution < 1.29 is 9.90 Å². The highest BCUT2D eigenvalue weighted by Gasteiger charge is 2.06. The minimum absolute atomic E-state index is 0.110. The number of nitrogens with zero attached hydrogens (tertiary/aromatic N) is 1. The minimum Gasteiger partial charge on any atom is -0.508 e. The van der Waals surface area contributed by atoms with E-state index in [1.807, 2.05) is 0 Å². The first-order chi connectivity index (χ1) is 8.69. The van der Waals surface area contributed by atoms with E-state index in [1.54, 1.807) is 12.1 Å². The molecule has 0 unspecified atom stereocenters. The van der Waals surface area contributed by atoms with Crippen molar-refractivity contribution in [2.75, 3.05) is 5.32 Å². The topological polar surface area (TPSA) is 62.2 Å². The highest BCUT2D eigenvalue weighted by molar-refractivity contribution is 6.03. The molecule has 1 heterocycles. The van der Waals surface area contributed by atoms with Gasteiger partial charge in [-0.05, 0) is 36.4 Å². The van der Waals surface area contributed by atoms with E-state index in [9.17, 15) is 4.79 Å². The lowest BCUT2D eigenvalue weighted by molar-refractivity contribution is 0.102. The molecule has 0 atom stereocenters. The quantitative estimate of drug-likeness (QED) is 0.787. The zero-order valence-electron chi connectivity index (χ0n) is 9.42. The number of rotatable bonds is 2. The summed E-state index contributed by atoms with van der Waals surface area (Å²) in [6, 6.07) is 9.22. The summed E-state index contributed by atoms with van der Waals surface area (Å²) in [7, 11) is 0. The van der Waals surface area contributed by atoms with Crippen molar-refractivity contribution in [2.45, 2.75) is 0 Å². The molecule has 0 saturated carbocycles. The van der Waals surface area contributed by atoms with Crippen molar-refractivity contribution in [1.29, 1.82) is 0 Å². The Morgan fingerprint density at radius 1 is 1.28 bits per heavy atom. The highest BCUT2D eigenvalue weighted by Crippen LogP contribution is 2.12. The zero-order chi connectivity index (χ0) is 13.0. The van der Waals surface area contributed by atoms with Gasteiger partial charge in [-0.1, -0.05) is 5.92 Å². The van der Waals surface area contributed by atoms with Crippen molar-refractivity contribution in [3.63, 3.8) is 0 Å². The van der Waals surface area contributed by atoms with Crippen LogP contribution >= 0.6 is 0 Å². The number of terminal acetylenes is 1. The molecule has 0 saturated heterocycles. The second-order valence-electron chi connectivity index (χ2n) is 3.58. The number of phenolic OH excluding ortho intramolecular Hbond substituents is 1. The molecular weight excluding hydrogens is 228 g/mol. The van der Waals surface area contributed by atoms with Crippen LogP contribution in [0.3, 0.4) is 0 Å². The smallest absolute Gasteiger partial charge is 0.256 e. The number of hydrogen-bond acceptors (Lipinski definition) is 3. The lowest BCUT2D eigenvalue weighted by Crippen LogP contribution is -2.12. The molecule has 0 fully saturated rings. The van der Waals surface area contributed by atoms with Gasteiger partial charge in [-0.2, -0.15) is 0 Å². The summed E-state index contributed by atoms with van der Waals surface area (Å²) >= 11 is 0. The molecule has 0 spiro atoms. The molecule has 0 bridgehead atoms. The van der Waals surface area contributed by atoms with Crippen molar-refractivity contribution >= 4 is 11.7 Å². The van der Waals surface area contributed by atoms with Gasteiger partial charge in [-0.3, -0.25) is 4.79 Å². The van der Waals surface area contributed by atoms with Crippen LogP contribution in [0.4, 0.5) is 5.82 Å². The van der Waals surface area contributed by atoms with Crippen LogP contribution < -0.4 is 5.32 Å². The van der Waals surface area contributed by atoms with E-state index >= 15 is 0 Å². The minimum atomic E-state index is -0.309. The van der Waals surface area contributed by atoms with E-state index in [-0.39, 0.29) is 11.7 Å². The Morgan fingerprint density at radius 2 is 2.00 bits per heavy atom. The third kappa shape index (κ3) is 2.66. The number of carbonyl (C=O) groups is 1. The predicted molar refractivity (Wildman–Crippen MR) is 68.2 cm³/mol. The Labute approximate surface area is 104 Å². The molecule has 4 heteroatoms. The van der Waals surface area contributed by atoms with Crippen molar-refractivity contribution in [3.8, 4) is 18.1 Å². The molecule has 0 aliphatic rings. The number of aromatic hydroxyl groups is 1. The molecule has 18 heavy (non-hydrogen) atoms. The lowest BCUT2D eigenvalue weighted by Gasteiger charge is -2.04. The van der Waals surface area contributed by atoms with E-state index in [2.05, 4.69) is 16.2 Å². The summed E-state index contributed by atoms with van der Waals surface area (Å²) in [5.41, 5.74) is 1.08. The molecule has 1 aromatic heterocycles. The third-order valence-electron chi connectivity index (χ3n) is 2.30. The van der Waals surface area contributed by atoms with E-state index < -0.39 is 0 Å². The number of pyridine rings is 1. The van der Waals surface area contributed by atoms with E-state index in [0.29, 0.717) is 16.9 Å². The maximum atomic E-state index is 11.8. The van der Waals surface area contributed by atoms with Crippen molar-refractivity contribution in [1.82, 2.24) is 4.98 Å². The molecule has 0 aliphatic carbocycles. The summed E-state index contributed by atoms with van der Waals surface area (Å²) in [5, 5.41) is 11.8. The average molecular weight is 238 g/mol. The number of hydrogen-bond donors (Lipinski definition) is 2. The Hall–Kier alpha value is -2.80. The first kappa shape index (κ1) is 11.7. The first-order valence-electron chi connectivity index (χ1n) is 5.22. The molecule has 2 N–H and O–H groups in total. The second-order valence-corrected chi connectivity index (χ2v) is 3.58. The molecule has 1 aromatic carbocycles. The largest absolute Gasteiger partial charge is 0.508 e. The molecule has 4 nitrogen and oxygen atoms in total. The van der Waals surface area contributed by atoms with Crippen LogP contribution in [0.15, 0.2) is 42.6 Å². The Morgan fingerprint density at radius 3 is 2.67 bits per heavy atom. The zero-order valence-corrected chi connectivity index (χ0v) is 9.42. The first-order valence-corrected chi connectivity index (χ1v) is 5.22. The van der Waals surface area contributed by atoms with Gasteiger partial charge in [0.15, 0.2) is 0 Å². The second kappa shape index (κ2) is 5.02. The van der Waals surface area contributed by atoms with Crippen LogP contribution in [-0.4, -0.2) is 16.0 Å². The highest BCUT2D eigenvalue weighted by atomic mass is 16.3. The molecule has 0 aliphatic heterocycles. The fourth-order valence-corrected chi connectivity index (χ4v) is 1.39. The van der Waals surface area contributed by atoms with Gasteiger partial charge in [0.25, 0.3) is 5.91 Å². The Kier molecular flexibility index (Phi) is 3.26. The maximum Gasteiger partial charge on any atom is 0.256 e. The number of nitrogens with one attached hydrogen (secondary N) is 1. The SMILES string of the molecule is C#Cc1ccnc(NC(=O)c2ccc(O)cc2)c1. The van der Waals surface area contributed by atoms with Crippen molar-refractivity contribution in [3.05, 3.63) is 53.7 Å². The van der Waals surface area contributed by atoms with Crippen LogP contribution in [0.2, 0.25) is 0 Å². The van der Waals surface area contributed by atoms with Crippen molar-refractivity contribution in [2.24, 2.45) is 0 Å². The molecule has 88 valence electrons. The van der Waals surface area contributed by atoms with Gasteiger partial charge in [0.1, 0.15) is 11.6 Å². The Balaban J connectivity index is 2.16. The van der Waals surface area contributed by atoms with Gasteiger partial charge in [0, 0.05) is 17.3 Å². The lowest BCUT2D eigenvalue weighted by atomic mass is 10.2.